The second-order valence-corrected chi connectivity index (χ2v) is 3.90. The lowest BCUT2D eigenvalue weighted by Gasteiger charge is -2.22. The number of rotatable bonds is 5. The molecule has 0 unspecified atom stereocenters. The minimum absolute atomic E-state index is 0.210. The highest BCUT2D eigenvalue weighted by Crippen LogP contribution is 2.15. The molecule has 1 aromatic carbocycles. The van der Waals surface area contributed by atoms with E-state index in [1.54, 1.807) is 0 Å². The first kappa shape index (κ1) is 12.6. The van der Waals surface area contributed by atoms with Crippen LogP contribution in [0.1, 0.15) is 20.3 Å². The maximum Gasteiger partial charge on any atom is 0.328 e. The van der Waals surface area contributed by atoms with E-state index in [9.17, 15) is 4.79 Å². The topological polar surface area (TPSA) is 38.3 Å². The molecular weight excluding hydrogens is 202 g/mol. The number of para-hydroxylation sites is 1. The Kier molecular flexibility index (Phi) is 4.83. The lowest BCUT2D eigenvalue weighted by atomic mass is 9.99. The molecule has 0 amide bonds. The second-order valence-electron chi connectivity index (χ2n) is 3.90. The summed E-state index contributed by atoms with van der Waals surface area (Å²) in [6.45, 7) is 4.10. The van der Waals surface area contributed by atoms with Crippen LogP contribution in [0, 0.1) is 5.92 Å². The van der Waals surface area contributed by atoms with Gasteiger partial charge in [-0.1, -0.05) is 38.5 Å². The Balaban J connectivity index is 2.75. The zero-order chi connectivity index (χ0) is 12.0. The van der Waals surface area contributed by atoms with E-state index >= 15 is 0 Å². The minimum atomic E-state index is -0.280. The Morgan fingerprint density at radius 1 is 1.38 bits per heavy atom. The predicted molar refractivity (Wildman–Crippen MR) is 65.3 cm³/mol. The van der Waals surface area contributed by atoms with Gasteiger partial charge in [-0.3, -0.25) is 0 Å². The molecular formula is C13H19NO2. The van der Waals surface area contributed by atoms with Gasteiger partial charge in [-0.15, -0.1) is 0 Å². The highest BCUT2D eigenvalue weighted by Gasteiger charge is 2.24. The third-order valence-electron chi connectivity index (χ3n) is 2.76. The van der Waals surface area contributed by atoms with Gasteiger partial charge in [0.15, 0.2) is 0 Å². The average molecular weight is 221 g/mol. The fourth-order valence-corrected chi connectivity index (χ4v) is 1.51. The van der Waals surface area contributed by atoms with Crippen LogP contribution in [0.5, 0.6) is 0 Å². The quantitative estimate of drug-likeness (QED) is 0.777. The summed E-state index contributed by atoms with van der Waals surface area (Å²) in [5.74, 6) is 0.0332. The lowest BCUT2D eigenvalue weighted by Crippen LogP contribution is -2.36. The van der Waals surface area contributed by atoms with E-state index < -0.39 is 0 Å². The first-order valence-corrected chi connectivity index (χ1v) is 5.58. The molecule has 3 heteroatoms. The van der Waals surface area contributed by atoms with E-state index in [0.717, 1.165) is 12.1 Å². The molecule has 0 radical (unpaired) electrons. The summed E-state index contributed by atoms with van der Waals surface area (Å²) in [6, 6.07) is 9.43. The van der Waals surface area contributed by atoms with Gasteiger partial charge in [-0.05, 0) is 18.1 Å². The largest absolute Gasteiger partial charge is 0.467 e. The van der Waals surface area contributed by atoms with Crippen molar-refractivity contribution in [2.24, 2.45) is 5.92 Å². The van der Waals surface area contributed by atoms with Gasteiger partial charge < -0.3 is 10.1 Å². The molecule has 1 rings (SSSR count). The van der Waals surface area contributed by atoms with Crippen LogP contribution in [0.4, 0.5) is 5.69 Å². The van der Waals surface area contributed by atoms with Crippen LogP contribution in [0.2, 0.25) is 0 Å². The van der Waals surface area contributed by atoms with E-state index in [1.807, 2.05) is 37.3 Å². The molecule has 2 atom stereocenters. The minimum Gasteiger partial charge on any atom is -0.467 e. The van der Waals surface area contributed by atoms with Crippen molar-refractivity contribution >= 4 is 11.7 Å². The maximum absolute atomic E-state index is 11.6. The Morgan fingerprint density at radius 2 is 2.00 bits per heavy atom. The molecule has 0 saturated heterocycles. The second kappa shape index (κ2) is 6.16. The first-order chi connectivity index (χ1) is 7.69. The van der Waals surface area contributed by atoms with Gasteiger partial charge in [0.2, 0.25) is 0 Å². The van der Waals surface area contributed by atoms with Gasteiger partial charge in [-0.25, -0.2) is 4.79 Å². The summed E-state index contributed by atoms with van der Waals surface area (Å²) >= 11 is 0. The Labute approximate surface area is 96.8 Å². The summed E-state index contributed by atoms with van der Waals surface area (Å²) in [4.78, 5) is 11.6. The van der Waals surface area contributed by atoms with Crippen molar-refractivity contribution in [3.63, 3.8) is 0 Å². The van der Waals surface area contributed by atoms with Crippen molar-refractivity contribution in [1.29, 1.82) is 0 Å². The predicted octanol–water partition coefficient (Wildman–Crippen LogP) is 2.69. The molecule has 0 aliphatic rings. The van der Waals surface area contributed by atoms with Gasteiger partial charge in [0.05, 0.1) is 7.11 Å². The smallest absolute Gasteiger partial charge is 0.328 e. The van der Waals surface area contributed by atoms with Gasteiger partial charge >= 0.3 is 5.97 Å². The number of hydrogen-bond donors (Lipinski definition) is 1. The molecule has 16 heavy (non-hydrogen) atoms. The number of ether oxygens (including phenoxy) is 1. The summed E-state index contributed by atoms with van der Waals surface area (Å²) in [5, 5.41) is 3.21. The number of esters is 1. The van der Waals surface area contributed by atoms with Crippen molar-refractivity contribution in [1.82, 2.24) is 0 Å². The molecule has 1 N–H and O–H groups in total. The highest BCUT2D eigenvalue weighted by atomic mass is 16.5. The third-order valence-corrected chi connectivity index (χ3v) is 2.76. The molecule has 0 saturated carbocycles. The van der Waals surface area contributed by atoms with Crippen molar-refractivity contribution in [2.75, 3.05) is 12.4 Å². The molecule has 0 aliphatic carbocycles. The highest BCUT2D eigenvalue weighted by molar-refractivity contribution is 5.79. The van der Waals surface area contributed by atoms with Gasteiger partial charge in [0.25, 0.3) is 0 Å². The van der Waals surface area contributed by atoms with Gasteiger partial charge in [-0.2, -0.15) is 0 Å². The van der Waals surface area contributed by atoms with Crippen LogP contribution in [-0.2, 0) is 9.53 Å². The fraction of sp³-hybridized carbons (Fsp3) is 0.462. The third kappa shape index (κ3) is 3.26. The number of carbonyl (C=O) groups is 1. The number of hydrogen-bond acceptors (Lipinski definition) is 3. The van der Waals surface area contributed by atoms with Gasteiger partial charge in [0.1, 0.15) is 6.04 Å². The summed E-state index contributed by atoms with van der Waals surface area (Å²) in [7, 11) is 1.42. The number of carbonyl (C=O) groups excluding carboxylic acids is 1. The summed E-state index contributed by atoms with van der Waals surface area (Å²) in [5.41, 5.74) is 0.943. The number of nitrogens with one attached hydrogen (secondary N) is 1. The van der Waals surface area contributed by atoms with E-state index in [0.29, 0.717) is 0 Å². The first-order valence-electron chi connectivity index (χ1n) is 5.58. The van der Waals surface area contributed by atoms with Crippen molar-refractivity contribution in [2.45, 2.75) is 26.3 Å². The number of anilines is 1. The van der Waals surface area contributed by atoms with Crippen LogP contribution >= 0.6 is 0 Å². The van der Waals surface area contributed by atoms with E-state index in [4.69, 9.17) is 4.74 Å². The van der Waals surface area contributed by atoms with Crippen LogP contribution < -0.4 is 5.32 Å². The van der Waals surface area contributed by atoms with Crippen molar-refractivity contribution in [3.8, 4) is 0 Å². The summed E-state index contributed by atoms with van der Waals surface area (Å²) < 4.78 is 4.81. The van der Waals surface area contributed by atoms with Crippen molar-refractivity contribution < 1.29 is 9.53 Å². The molecule has 0 bridgehead atoms. The van der Waals surface area contributed by atoms with E-state index in [-0.39, 0.29) is 17.9 Å². The van der Waals surface area contributed by atoms with E-state index in [1.165, 1.54) is 7.11 Å². The molecule has 0 aromatic heterocycles. The SMILES string of the molecule is CC[C@H](C)[C@H](Nc1ccccc1)C(=O)OC. The monoisotopic (exact) mass is 221 g/mol. The van der Waals surface area contributed by atoms with Crippen LogP contribution in [0.15, 0.2) is 30.3 Å². The maximum atomic E-state index is 11.6. The normalized spacial score (nSPS) is 13.9. The lowest BCUT2D eigenvalue weighted by molar-refractivity contribution is -0.142. The standard InChI is InChI=1S/C13H19NO2/c1-4-10(2)12(13(15)16-3)14-11-8-6-5-7-9-11/h5-10,12,14H,4H2,1-3H3/t10-,12-/m0/s1. The molecule has 0 spiro atoms. The number of benzene rings is 1. The Bertz CT molecular complexity index is 324. The number of methoxy groups -OCH3 is 1. The average Bonchev–Trinajstić information content (AvgIpc) is 2.35. The fourth-order valence-electron chi connectivity index (χ4n) is 1.51. The molecule has 88 valence electrons. The molecule has 0 fully saturated rings. The zero-order valence-electron chi connectivity index (χ0n) is 10.1. The van der Waals surface area contributed by atoms with E-state index in [2.05, 4.69) is 12.2 Å². The molecule has 3 nitrogen and oxygen atoms in total. The molecule has 0 heterocycles. The Morgan fingerprint density at radius 3 is 2.50 bits per heavy atom. The van der Waals surface area contributed by atoms with Crippen LogP contribution in [0.25, 0.3) is 0 Å². The Hall–Kier alpha value is -1.51. The van der Waals surface area contributed by atoms with Crippen molar-refractivity contribution in [3.05, 3.63) is 30.3 Å². The van der Waals surface area contributed by atoms with Gasteiger partial charge in [0, 0.05) is 5.69 Å². The van der Waals surface area contributed by atoms with Crippen LogP contribution in [-0.4, -0.2) is 19.1 Å². The molecule has 1 aromatic rings. The zero-order valence-corrected chi connectivity index (χ0v) is 10.1. The summed E-state index contributed by atoms with van der Waals surface area (Å²) in [6.07, 6.45) is 0.930. The molecule has 0 aliphatic heterocycles. The van der Waals surface area contributed by atoms with Crippen LogP contribution in [0.3, 0.4) is 0 Å².